The quantitative estimate of drug-likeness (QED) is 0.545. The van der Waals surface area contributed by atoms with Gasteiger partial charge >= 0.3 is 5.97 Å². The number of ether oxygens (including phenoxy) is 1. The van der Waals surface area contributed by atoms with Crippen LogP contribution in [0, 0.1) is 0 Å². The Balaban J connectivity index is 2.57. The second-order valence-electron chi connectivity index (χ2n) is 4.58. The molecule has 92 valence electrons. The third kappa shape index (κ3) is 3.34. The van der Waals surface area contributed by atoms with Gasteiger partial charge in [0.25, 0.3) is 0 Å². The van der Waals surface area contributed by atoms with Gasteiger partial charge in [-0.1, -0.05) is 5.57 Å². The van der Waals surface area contributed by atoms with E-state index in [9.17, 15) is 4.79 Å². The molecule has 1 heterocycles. The van der Waals surface area contributed by atoms with Crippen molar-refractivity contribution in [3.8, 4) is 0 Å². The van der Waals surface area contributed by atoms with E-state index in [-0.39, 0.29) is 5.97 Å². The fourth-order valence-electron chi connectivity index (χ4n) is 2.07. The molecular weight excluding hydrogens is 202 g/mol. The van der Waals surface area contributed by atoms with Crippen molar-refractivity contribution in [2.24, 2.45) is 0 Å². The van der Waals surface area contributed by atoms with E-state index in [2.05, 4.69) is 18.7 Å². The number of likely N-dealkylation sites (tertiary alicyclic amines) is 1. The summed E-state index contributed by atoms with van der Waals surface area (Å²) in [4.78, 5) is 14.0. The van der Waals surface area contributed by atoms with Crippen LogP contribution in [-0.4, -0.2) is 36.6 Å². The molecular formula is C13H23NO2. The monoisotopic (exact) mass is 225 g/mol. The van der Waals surface area contributed by atoms with E-state index in [1.54, 1.807) is 0 Å². The number of esters is 1. The molecule has 1 aliphatic rings. The molecule has 3 heteroatoms. The lowest BCUT2D eigenvalue weighted by molar-refractivity contribution is -0.138. The number of hydrogen-bond donors (Lipinski definition) is 0. The van der Waals surface area contributed by atoms with Gasteiger partial charge in [0.2, 0.25) is 0 Å². The summed E-state index contributed by atoms with van der Waals surface area (Å²) in [5.41, 5.74) is 2.10. The fourth-order valence-corrected chi connectivity index (χ4v) is 2.07. The van der Waals surface area contributed by atoms with Gasteiger partial charge in [0.05, 0.1) is 6.61 Å². The maximum Gasteiger partial charge on any atom is 0.333 e. The van der Waals surface area contributed by atoms with Crippen LogP contribution in [0.3, 0.4) is 0 Å². The highest BCUT2D eigenvalue weighted by Gasteiger charge is 2.19. The first-order valence-corrected chi connectivity index (χ1v) is 6.16. The van der Waals surface area contributed by atoms with E-state index in [4.69, 9.17) is 4.74 Å². The maximum atomic E-state index is 11.6. The highest BCUT2D eigenvalue weighted by atomic mass is 16.5. The number of carbonyl (C=O) groups excluding carboxylic acids is 1. The van der Waals surface area contributed by atoms with Crippen LogP contribution >= 0.6 is 0 Å². The number of piperidine rings is 1. The molecule has 0 bridgehead atoms. The van der Waals surface area contributed by atoms with E-state index >= 15 is 0 Å². The summed E-state index contributed by atoms with van der Waals surface area (Å²) in [6, 6.07) is 0.601. The first-order chi connectivity index (χ1) is 7.56. The Morgan fingerprint density at radius 2 is 1.94 bits per heavy atom. The molecule has 0 unspecified atom stereocenters. The molecule has 0 spiro atoms. The summed E-state index contributed by atoms with van der Waals surface area (Å²) in [7, 11) is 0. The van der Waals surface area contributed by atoms with Crippen LogP contribution in [0.5, 0.6) is 0 Å². The van der Waals surface area contributed by atoms with Crippen LogP contribution in [0.1, 0.15) is 40.5 Å². The van der Waals surface area contributed by atoms with Crippen molar-refractivity contribution < 1.29 is 9.53 Å². The summed E-state index contributed by atoms with van der Waals surface area (Å²) in [6.07, 6.45) is 2.01. The molecule has 0 aliphatic carbocycles. The second-order valence-corrected chi connectivity index (χ2v) is 4.58. The molecule has 1 fully saturated rings. The fraction of sp³-hybridized carbons (Fsp3) is 0.769. The molecule has 1 aliphatic heterocycles. The predicted octanol–water partition coefficient (Wildman–Crippen LogP) is 2.37. The lowest BCUT2D eigenvalue weighted by Gasteiger charge is -2.32. The van der Waals surface area contributed by atoms with Crippen LogP contribution in [0.15, 0.2) is 11.1 Å². The van der Waals surface area contributed by atoms with Gasteiger partial charge in [-0.2, -0.15) is 0 Å². The lowest BCUT2D eigenvalue weighted by Crippen LogP contribution is -2.36. The van der Waals surface area contributed by atoms with Crippen molar-refractivity contribution in [2.75, 3.05) is 19.7 Å². The SMILES string of the molecule is CCOC(=O)C(C)=C1CCN(C(C)C)CC1. The zero-order valence-electron chi connectivity index (χ0n) is 10.9. The van der Waals surface area contributed by atoms with E-state index in [0.29, 0.717) is 12.6 Å². The van der Waals surface area contributed by atoms with Crippen molar-refractivity contribution in [1.29, 1.82) is 0 Å². The molecule has 3 nitrogen and oxygen atoms in total. The van der Waals surface area contributed by atoms with Gasteiger partial charge in [-0.05, 0) is 40.5 Å². The third-order valence-electron chi connectivity index (χ3n) is 3.24. The number of carbonyl (C=O) groups is 1. The molecule has 0 atom stereocenters. The highest BCUT2D eigenvalue weighted by molar-refractivity contribution is 5.88. The van der Waals surface area contributed by atoms with E-state index in [1.807, 2.05) is 13.8 Å². The first kappa shape index (κ1) is 13.2. The maximum absolute atomic E-state index is 11.6. The number of hydrogen-bond acceptors (Lipinski definition) is 3. The van der Waals surface area contributed by atoms with Crippen molar-refractivity contribution >= 4 is 5.97 Å². The summed E-state index contributed by atoms with van der Waals surface area (Å²) in [5, 5.41) is 0. The normalized spacial score (nSPS) is 17.7. The standard InChI is InChI=1S/C13H23NO2/c1-5-16-13(15)11(4)12-6-8-14(9-7-12)10(2)3/h10H,5-9H2,1-4H3. The van der Waals surface area contributed by atoms with Crippen LogP contribution in [0.25, 0.3) is 0 Å². The number of rotatable bonds is 3. The predicted molar refractivity (Wildman–Crippen MR) is 65.3 cm³/mol. The van der Waals surface area contributed by atoms with Crippen molar-refractivity contribution in [3.05, 3.63) is 11.1 Å². The number of nitrogens with zero attached hydrogens (tertiary/aromatic N) is 1. The molecule has 16 heavy (non-hydrogen) atoms. The molecule has 0 aromatic carbocycles. The van der Waals surface area contributed by atoms with Gasteiger partial charge < -0.3 is 9.64 Å². The minimum atomic E-state index is -0.143. The van der Waals surface area contributed by atoms with Crippen molar-refractivity contribution in [1.82, 2.24) is 4.90 Å². The largest absolute Gasteiger partial charge is 0.463 e. The highest BCUT2D eigenvalue weighted by Crippen LogP contribution is 2.21. The van der Waals surface area contributed by atoms with Gasteiger partial charge in [-0.3, -0.25) is 0 Å². The summed E-state index contributed by atoms with van der Waals surface area (Å²) in [6.45, 7) is 10.7. The Morgan fingerprint density at radius 1 is 1.38 bits per heavy atom. The minimum absolute atomic E-state index is 0.143. The molecule has 0 aromatic heterocycles. The average molecular weight is 225 g/mol. The van der Waals surface area contributed by atoms with Crippen molar-refractivity contribution in [2.45, 2.75) is 46.6 Å². The molecule has 1 rings (SSSR count). The minimum Gasteiger partial charge on any atom is -0.463 e. The van der Waals surface area contributed by atoms with Gasteiger partial charge in [0.15, 0.2) is 0 Å². The molecule has 0 saturated carbocycles. The lowest BCUT2D eigenvalue weighted by atomic mass is 9.98. The Morgan fingerprint density at radius 3 is 2.38 bits per heavy atom. The Hall–Kier alpha value is -0.830. The Labute approximate surface area is 98.5 Å². The van der Waals surface area contributed by atoms with Crippen molar-refractivity contribution in [3.63, 3.8) is 0 Å². The van der Waals surface area contributed by atoms with Gasteiger partial charge in [-0.15, -0.1) is 0 Å². The summed E-state index contributed by atoms with van der Waals surface area (Å²) < 4.78 is 5.02. The molecule has 1 saturated heterocycles. The Kier molecular flexibility index (Phi) is 5.00. The van der Waals surface area contributed by atoms with E-state index in [1.165, 1.54) is 5.57 Å². The molecule has 0 radical (unpaired) electrons. The summed E-state index contributed by atoms with van der Waals surface area (Å²) in [5.74, 6) is -0.143. The zero-order valence-corrected chi connectivity index (χ0v) is 10.9. The summed E-state index contributed by atoms with van der Waals surface area (Å²) >= 11 is 0. The Bertz CT molecular complexity index is 272. The van der Waals surface area contributed by atoms with Crippen LogP contribution in [0.4, 0.5) is 0 Å². The van der Waals surface area contributed by atoms with Crippen LogP contribution < -0.4 is 0 Å². The first-order valence-electron chi connectivity index (χ1n) is 6.16. The average Bonchev–Trinajstić information content (AvgIpc) is 2.28. The van der Waals surface area contributed by atoms with E-state index < -0.39 is 0 Å². The van der Waals surface area contributed by atoms with Gasteiger partial charge in [-0.25, -0.2) is 4.79 Å². The zero-order chi connectivity index (χ0) is 12.1. The van der Waals surface area contributed by atoms with Gasteiger partial charge in [0.1, 0.15) is 0 Å². The topological polar surface area (TPSA) is 29.5 Å². The molecule has 0 aromatic rings. The van der Waals surface area contributed by atoms with E-state index in [0.717, 1.165) is 31.5 Å². The van der Waals surface area contributed by atoms with Gasteiger partial charge in [0, 0.05) is 24.7 Å². The van der Waals surface area contributed by atoms with Crippen LogP contribution in [0.2, 0.25) is 0 Å². The third-order valence-corrected chi connectivity index (χ3v) is 3.24. The molecule has 0 amide bonds. The molecule has 0 N–H and O–H groups in total. The smallest absolute Gasteiger partial charge is 0.333 e. The van der Waals surface area contributed by atoms with Crippen LogP contribution in [-0.2, 0) is 9.53 Å². The second kappa shape index (κ2) is 6.04.